The molecule has 0 N–H and O–H groups in total. The highest BCUT2D eigenvalue weighted by Gasteiger charge is 2.24. The number of ether oxygens (including phenoxy) is 1. The van der Waals surface area contributed by atoms with Gasteiger partial charge in [0.1, 0.15) is 11.4 Å². The first kappa shape index (κ1) is 20.7. The molecule has 2 aromatic carbocycles. The SMILES string of the molecule is Cc1cc(=O)n(CC(=O)c2ccc3c(c2)N(C)C(=O)CO3)c2c1c(C)nn2-c1ccccc1. The van der Waals surface area contributed by atoms with Crippen molar-refractivity contribution in [1.82, 2.24) is 14.3 Å². The molecule has 0 radical (unpaired) electrons. The molecule has 4 aromatic rings. The minimum Gasteiger partial charge on any atom is -0.482 e. The van der Waals surface area contributed by atoms with Gasteiger partial charge in [-0.15, -0.1) is 0 Å². The van der Waals surface area contributed by atoms with Crippen molar-refractivity contribution < 1.29 is 14.3 Å². The largest absolute Gasteiger partial charge is 0.482 e. The summed E-state index contributed by atoms with van der Waals surface area (Å²) in [4.78, 5) is 39.8. The van der Waals surface area contributed by atoms with Gasteiger partial charge in [-0.05, 0) is 49.7 Å². The lowest BCUT2D eigenvalue weighted by molar-refractivity contribution is -0.120. The van der Waals surface area contributed by atoms with Gasteiger partial charge in [0.2, 0.25) is 0 Å². The molecule has 0 atom stereocenters. The molecule has 1 amide bonds. The van der Waals surface area contributed by atoms with Crippen LogP contribution in [0.25, 0.3) is 16.7 Å². The molecule has 0 aliphatic carbocycles. The number of fused-ring (bicyclic) bond motifs is 2. The summed E-state index contributed by atoms with van der Waals surface area (Å²) in [6.45, 7) is 3.57. The third-order valence-electron chi connectivity index (χ3n) is 5.96. The van der Waals surface area contributed by atoms with Crippen LogP contribution in [0.3, 0.4) is 0 Å². The van der Waals surface area contributed by atoms with Crippen LogP contribution in [0.5, 0.6) is 5.75 Å². The Morgan fingerprint density at radius 1 is 1.06 bits per heavy atom. The molecular weight excluding hydrogens is 420 g/mol. The van der Waals surface area contributed by atoms with Crippen LogP contribution in [0.4, 0.5) is 5.69 Å². The average molecular weight is 442 g/mol. The number of hydrogen-bond acceptors (Lipinski definition) is 5. The first-order valence-corrected chi connectivity index (χ1v) is 10.6. The van der Waals surface area contributed by atoms with E-state index >= 15 is 0 Å². The van der Waals surface area contributed by atoms with E-state index in [4.69, 9.17) is 4.74 Å². The zero-order valence-electron chi connectivity index (χ0n) is 18.5. The van der Waals surface area contributed by atoms with Crippen LogP contribution in [-0.4, -0.2) is 39.7 Å². The Kier molecular flexibility index (Phi) is 4.85. The number of anilines is 1. The van der Waals surface area contributed by atoms with Crippen LogP contribution in [0.15, 0.2) is 59.4 Å². The number of benzene rings is 2. The van der Waals surface area contributed by atoms with E-state index in [9.17, 15) is 14.4 Å². The summed E-state index contributed by atoms with van der Waals surface area (Å²) >= 11 is 0. The van der Waals surface area contributed by atoms with Crippen molar-refractivity contribution in [3.63, 3.8) is 0 Å². The number of hydrogen-bond donors (Lipinski definition) is 0. The number of aromatic nitrogens is 3. The quantitative estimate of drug-likeness (QED) is 0.454. The van der Waals surface area contributed by atoms with Gasteiger partial charge in [-0.2, -0.15) is 5.10 Å². The summed E-state index contributed by atoms with van der Waals surface area (Å²) in [5, 5.41) is 5.51. The Hall–Kier alpha value is -4.20. The third-order valence-corrected chi connectivity index (χ3v) is 5.96. The predicted octanol–water partition coefficient (Wildman–Crippen LogP) is 3.04. The van der Waals surface area contributed by atoms with Crippen LogP contribution in [0.2, 0.25) is 0 Å². The second-order valence-corrected chi connectivity index (χ2v) is 8.13. The summed E-state index contributed by atoms with van der Waals surface area (Å²) in [6.07, 6.45) is 0. The van der Waals surface area contributed by atoms with Gasteiger partial charge in [0.05, 0.1) is 23.6 Å². The zero-order valence-corrected chi connectivity index (χ0v) is 18.5. The van der Waals surface area contributed by atoms with Gasteiger partial charge in [0.25, 0.3) is 11.5 Å². The van der Waals surface area contributed by atoms with E-state index < -0.39 is 0 Å². The Morgan fingerprint density at radius 3 is 2.58 bits per heavy atom. The maximum Gasteiger partial charge on any atom is 0.264 e. The molecule has 0 spiro atoms. The van der Waals surface area contributed by atoms with Crippen molar-refractivity contribution >= 4 is 28.4 Å². The lowest BCUT2D eigenvalue weighted by atomic mass is 10.1. The molecule has 0 saturated heterocycles. The first-order valence-electron chi connectivity index (χ1n) is 10.6. The van der Waals surface area contributed by atoms with Crippen molar-refractivity contribution in [2.24, 2.45) is 0 Å². The molecule has 2 aromatic heterocycles. The van der Waals surface area contributed by atoms with Crippen LogP contribution in [-0.2, 0) is 11.3 Å². The van der Waals surface area contributed by atoms with Gasteiger partial charge in [-0.25, -0.2) is 4.68 Å². The highest BCUT2D eigenvalue weighted by Crippen LogP contribution is 2.32. The molecule has 166 valence electrons. The van der Waals surface area contributed by atoms with Gasteiger partial charge in [-0.3, -0.25) is 19.0 Å². The molecule has 0 saturated carbocycles. The maximum absolute atomic E-state index is 13.3. The highest BCUT2D eigenvalue weighted by molar-refractivity contribution is 6.02. The fourth-order valence-electron chi connectivity index (χ4n) is 4.25. The molecule has 1 aliphatic rings. The average Bonchev–Trinajstić information content (AvgIpc) is 3.17. The summed E-state index contributed by atoms with van der Waals surface area (Å²) in [5.41, 5.74) is 3.60. The summed E-state index contributed by atoms with van der Waals surface area (Å²) in [7, 11) is 1.65. The Morgan fingerprint density at radius 2 is 1.82 bits per heavy atom. The molecule has 8 nitrogen and oxygen atoms in total. The normalized spacial score (nSPS) is 13.2. The van der Waals surface area contributed by atoms with Gasteiger partial charge in [0, 0.05) is 24.1 Å². The molecule has 0 bridgehead atoms. The lowest BCUT2D eigenvalue weighted by Crippen LogP contribution is -2.35. The minimum atomic E-state index is -0.279. The fourth-order valence-corrected chi connectivity index (χ4v) is 4.25. The van der Waals surface area contributed by atoms with E-state index in [1.165, 1.54) is 15.5 Å². The third kappa shape index (κ3) is 3.40. The van der Waals surface area contributed by atoms with Gasteiger partial charge in [0.15, 0.2) is 12.4 Å². The van der Waals surface area contributed by atoms with Gasteiger partial charge in [-0.1, -0.05) is 18.2 Å². The van der Waals surface area contributed by atoms with E-state index in [1.807, 2.05) is 44.2 Å². The number of likely N-dealkylation sites (N-methyl/N-ethyl adjacent to an activating group) is 1. The van der Waals surface area contributed by atoms with Crippen molar-refractivity contribution in [3.8, 4) is 11.4 Å². The van der Waals surface area contributed by atoms with E-state index in [-0.39, 0.29) is 30.4 Å². The zero-order chi connectivity index (χ0) is 23.3. The molecule has 5 rings (SSSR count). The van der Waals surface area contributed by atoms with Crippen LogP contribution in [0.1, 0.15) is 21.6 Å². The van der Waals surface area contributed by atoms with Crippen LogP contribution < -0.4 is 15.2 Å². The number of para-hydroxylation sites is 1. The Bertz CT molecular complexity index is 1480. The number of Topliss-reactive ketones (excluding diaryl/α,β-unsaturated/α-hetero) is 1. The fraction of sp³-hybridized carbons (Fsp3) is 0.200. The summed E-state index contributed by atoms with van der Waals surface area (Å²) in [5.74, 6) is 0.0991. The number of rotatable bonds is 4. The summed E-state index contributed by atoms with van der Waals surface area (Å²) < 4.78 is 8.62. The van der Waals surface area contributed by atoms with Gasteiger partial charge < -0.3 is 9.64 Å². The summed E-state index contributed by atoms with van der Waals surface area (Å²) in [6, 6.07) is 16.0. The van der Waals surface area contributed by atoms with E-state index in [0.29, 0.717) is 22.6 Å². The number of nitrogens with zero attached hydrogens (tertiary/aromatic N) is 4. The number of carbonyl (C=O) groups is 2. The minimum absolute atomic E-state index is 0.0314. The second kappa shape index (κ2) is 7.74. The second-order valence-electron chi connectivity index (χ2n) is 8.13. The molecule has 3 heterocycles. The standard InChI is InChI=1S/C25H22N4O4/c1-15-11-22(31)28(25-24(15)16(2)26-29(25)18-7-5-4-6-8-18)13-20(30)17-9-10-21-19(12-17)27(3)23(32)14-33-21/h4-12H,13-14H2,1-3H3. The topological polar surface area (TPSA) is 86.4 Å². The molecule has 8 heteroatoms. The lowest BCUT2D eigenvalue weighted by Gasteiger charge is -2.26. The maximum atomic E-state index is 13.3. The first-order chi connectivity index (χ1) is 15.8. The molecule has 1 aliphatic heterocycles. The van der Waals surface area contributed by atoms with Crippen LogP contribution >= 0.6 is 0 Å². The number of ketones is 1. The van der Waals surface area contributed by atoms with Crippen LogP contribution in [0, 0.1) is 13.8 Å². The molecule has 0 fully saturated rings. The number of aryl methyl sites for hydroxylation is 2. The van der Waals surface area contributed by atoms with Crippen molar-refractivity contribution in [2.45, 2.75) is 20.4 Å². The molecule has 0 unspecified atom stereocenters. The molecule has 33 heavy (non-hydrogen) atoms. The number of carbonyl (C=O) groups excluding carboxylic acids is 2. The molecular formula is C25H22N4O4. The van der Waals surface area contributed by atoms with E-state index in [2.05, 4.69) is 5.10 Å². The predicted molar refractivity (Wildman–Crippen MR) is 124 cm³/mol. The monoisotopic (exact) mass is 442 g/mol. The van der Waals surface area contributed by atoms with E-state index in [1.54, 1.807) is 29.9 Å². The Balaban J connectivity index is 1.62. The van der Waals surface area contributed by atoms with Crippen molar-refractivity contribution in [2.75, 3.05) is 18.6 Å². The highest BCUT2D eigenvalue weighted by atomic mass is 16.5. The Labute approximate surface area is 189 Å². The van der Waals surface area contributed by atoms with Crippen molar-refractivity contribution in [1.29, 1.82) is 0 Å². The number of pyridine rings is 1. The van der Waals surface area contributed by atoms with Crippen molar-refractivity contribution in [3.05, 3.63) is 81.8 Å². The smallest absolute Gasteiger partial charge is 0.264 e. The number of amides is 1. The van der Waals surface area contributed by atoms with E-state index in [0.717, 1.165) is 22.3 Å². The van der Waals surface area contributed by atoms with Gasteiger partial charge >= 0.3 is 0 Å².